The maximum absolute atomic E-state index is 11.8. The van der Waals surface area contributed by atoms with Crippen molar-refractivity contribution >= 4 is 23.8 Å². The molecule has 0 aliphatic heterocycles. The van der Waals surface area contributed by atoms with Gasteiger partial charge in [-0.15, -0.1) is 0 Å². The first kappa shape index (κ1) is 16.6. The minimum Gasteiger partial charge on any atom is -0.495 e. The van der Waals surface area contributed by atoms with Gasteiger partial charge in [-0.05, 0) is 44.5 Å². The van der Waals surface area contributed by atoms with Gasteiger partial charge in [0.15, 0.2) is 0 Å². The number of hydrogen-bond donors (Lipinski definition) is 2. The van der Waals surface area contributed by atoms with Crippen LogP contribution in [0.5, 0.6) is 5.75 Å². The van der Waals surface area contributed by atoms with Crippen molar-refractivity contribution in [1.29, 1.82) is 0 Å². The van der Waals surface area contributed by atoms with Crippen molar-refractivity contribution < 1.29 is 24.2 Å². The summed E-state index contributed by atoms with van der Waals surface area (Å²) in [6.07, 6.45) is 1.82. The Morgan fingerprint density at radius 2 is 1.95 bits per heavy atom. The molecule has 0 aromatic heterocycles. The van der Waals surface area contributed by atoms with Gasteiger partial charge in [-0.25, -0.2) is 9.59 Å². The van der Waals surface area contributed by atoms with Crippen LogP contribution >= 0.6 is 0 Å². The van der Waals surface area contributed by atoms with Crippen LogP contribution in [0.2, 0.25) is 0 Å². The van der Waals surface area contributed by atoms with Crippen molar-refractivity contribution in [3.8, 4) is 5.75 Å². The zero-order valence-corrected chi connectivity index (χ0v) is 12.5. The molecule has 0 unspecified atom stereocenters. The molecule has 0 saturated heterocycles. The summed E-state index contributed by atoms with van der Waals surface area (Å²) in [5, 5.41) is 11.2. The zero-order valence-electron chi connectivity index (χ0n) is 12.5. The minimum absolute atomic E-state index is 0.402. The number of hydrogen-bond acceptors (Lipinski definition) is 4. The highest BCUT2D eigenvalue weighted by Gasteiger charge is 2.17. The van der Waals surface area contributed by atoms with Crippen LogP contribution in [0, 0.1) is 0 Å². The number of nitrogens with one attached hydrogen (secondary N) is 1. The van der Waals surface area contributed by atoms with E-state index in [1.54, 1.807) is 39.0 Å². The van der Waals surface area contributed by atoms with Gasteiger partial charge in [-0.2, -0.15) is 0 Å². The second kappa shape index (κ2) is 6.78. The van der Waals surface area contributed by atoms with Crippen molar-refractivity contribution in [3.63, 3.8) is 0 Å². The third kappa shape index (κ3) is 5.99. The molecule has 0 fully saturated rings. The van der Waals surface area contributed by atoms with Crippen molar-refractivity contribution in [2.24, 2.45) is 0 Å². The summed E-state index contributed by atoms with van der Waals surface area (Å²) in [7, 11) is 1.47. The van der Waals surface area contributed by atoms with Gasteiger partial charge in [0.25, 0.3) is 0 Å². The van der Waals surface area contributed by atoms with Crippen LogP contribution in [0.4, 0.5) is 10.5 Å². The maximum atomic E-state index is 11.8. The van der Waals surface area contributed by atoms with Crippen molar-refractivity contribution in [3.05, 3.63) is 29.8 Å². The van der Waals surface area contributed by atoms with Crippen molar-refractivity contribution in [2.45, 2.75) is 26.4 Å². The van der Waals surface area contributed by atoms with E-state index < -0.39 is 17.7 Å². The monoisotopic (exact) mass is 293 g/mol. The van der Waals surface area contributed by atoms with E-state index in [1.807, 2.05) is 0 Å². The van der Waals surface area contributed by atoms with Crippen molar-refractivity contribution in [1.82, 2.24) is 0 Å². The number of anilines is 1. The lowest BCUT2D eigenvalue weighted by Crippen LogP contribution is -2.27. The second-order valence-corrected chi connectivity index (χ2v) is 5.26. The SMILES string of the molecule is COc1ccc(/C=C\C(=O)O)cc1NC(=O)OC(C)(C)C. The fraction of sp³-hybridized carbons (Fsp3) is 0.333. The average Bonchev–Trinajstić information content (AvgIpc) is 2.34. The number of carboxylic acid groups (broad SMARTS) is 1. The first-order valence-electron chi connectivity index (χ1n) is 6.30. The molecule has 0 bridgehead atoms. The number of carbonyl (C=O) groups is 2. The van der Waals surface area contributed by atoms with E-state index in [9.17, 15) is 9.59 Å². The van der Waals surface area contributed by atoms with E-state index in [0.29, 0.717) is 17.0 Å². The molecule has 6 nitrogen and oxygen atoms in total. The molecule has 1 aromatic carbocycles. The molecule has 0 aliphatic carbocycles. The fourth-order valence-corrected chi connectivity index (χ4v) is 1.51. The summed E-state index contributed by atoms with van der Waals surface area (Å²) in [5.41, 5.74) is 0.404. The van der Waals surface area contributed by atoms with Gasteiger partial charge in [-0.1, -0.05) is 6.07 Å². The van der Waals surface area contributed by atoms with Gasteiger partial charge < -0.3 is 14.6 Å². The number of methoxy groups -OCH3 is 1. The molecule has 0 radical (unpaired) electrons. The Kier molecular flexibility index (Phi) is 5.35. The third-order valence-electron chi connectivity index (χ3n) is 2.28. The summed E-state index contributed by atoms with van der Waals surface area (Å²) in [4.78, 5) is 22.3. The van der Waals surface area contributed by atoms with Crippen LogP contribution in [-0.4, -0.2) is 29.9 Å². The maximum Gasteiger partial charge on any atom is 0.412 e. The number of benzene rings is 1. The van der Waals surface area contributed by atoms with Gasteiger partial charge in [-0.3, -0.25) is 5.32 Å². The zero-order chi connectivity index (χ0) is 16.0. The van der Waals surface area contributed by atoms with Crippen molar-refractivity contribution in [2.75, 3.05) is 12.4 Å². The Bertz CT molecular complexity index is 558. The summed E-state index contributed by atoms with van der Waals surface area (Å²) < 4.78 is 10.3. The number of ether oxygens (including phenoxy) is 2. The van der Waals surface area contributed by atoms with Crippen LogP contribution in [0.3, 0.4) is 0 Å². The Morgan fingerprint density at radius 1 is 1.29 bits per heavy atom. The molecule has 0 saturated carbocycles. The Hall–Kier alpha value is -2.50. The smallest absolute Gasteiger partial charge is 0.412 e. The molecule has 1 rings (SSSR count). The van der Waals surface area contributed by atoms with Gasteiger partial charge in [0.05, 0.1) is 12.8 Å². The molecule has 0 atom stereocenters. The normalized spacial score (nSPS) is 11.2. The van der Waals surface area contributed by atoms with Gasteiger partial charge in [0, 0.05) is 6.08 Å². The summed E-state index contributed by atoms with van der Waals surface area (Å²) in [5.74, 6) is -0.596. The Labute approximate surface area is 123 Å². The molecule has 114 valence electrons. The van der Waals surface area contributed by atoms with Gasteiger partial charge in [0.1, 0.15) is 11.4 Å². The molecule has 21 heavy (non-hydrogen) atoms. The molecule has 1 aromatic rings. The average molecular weight is 293 g/mol. The molecule has 0 heterocycles. The quantitative estimate of drug-likeness (QED) is 0.833. The van der Waals surface area contributed by atoms with Crippen LogP contribution < -0.4 is 10.1 Å². The highest BCUT2D eigenvalue weighted by molar-refractivity contribution is 5.89. The van der Waals surface area contributed by atoms with E-state index in [4.69, 9.17) is 14.6 Å². The van der Waals surface area contributed by atoms with Gasteiger partial charge >= 0.3 is 12.1 Å². The molecule has 0 aliphatic rings. The molecule has 0 spiro atoms. The van der Waals surface area contributed by atoms with E-state index in [1.165, 1.54) is 13.2 Å². The number of aliphatic carboxylic acids is 1. The molecular formula is C15H19NO5. The third-order valence-corrected chi connectivity index (χ3v) is 2.28. The van der Waals surface area contributed by atoms with Crippen LogP contribution in [-0.2, 0) is 9.53 Å². The highest BCUT2D eigenvalue weighted by atomic mass is 16.6. The number of carbonyl (C=O) groups excluding carboxylic acids is 1. The number of amides is 1. The van der Waals surface area contributed by atoms with Gasteiger partial charge in [0.2, 0.25) is 0 Å². The Morgan fingerprint density at radius 3 is 2.48 bits per heavy atom. The minimum atomic E-state index is -1.05. The standard InChI is InChI=1S/C15H19NO5/c1-15(2,3)21-14(19)16-11-9-10(6-8-13(17)18)5-7-12(11)20-4/h5-9H,1-4H3,(H,16,19)(H,17,18)/b8-6-. The molecular weight excluding hydrogens is 274 g/mol. The van der Waals surface area contributed by atoms with Crippen LogP contribution in [0.15, 0.2) is 24.3 Å². The largest absolute Gasteiger partial charge is 0.495 e. The molecule has 2 N–H and O–H groups in total. The van der Waals surface area contributed by atoms with E-state index in [-0.39, 0.29) is 0 Å². The highest BCUT2D eigenvalue weighted by Crippen LogP contribution is 2.26. The van der Waals surface area contributed by atoms with E-state index >= 15 is 0 Å². The molecule has 6 heteroatoms. The predicted octanol–water partition coefficient (Wildman–Crippen LogP) is 3.14. The molecule has 1 amide bonds. The first-order valence-corrected chi connectivity index (χ1v) is 6.30. The summed E-state index contributed by atoms with van der Waals surface area (Å²) in [6, 6.07) is 4.91. The predicted molar refractivity (Wildman–Crippen MR) is 79.5 cm³/mol. The lowest BCUT2D eigenvalue weighted by atomic mass is 10.1. The number of rotatable bonds is 4. The van der Waals surface area contributed by atoms with E-state index in [2.05, 4.69) is 5.32 Å². The topological polar surface area (TPSA) is 84.9 Å². The summed E-state index contributed by atoms with van der Waals surface area (Å²) >= 11 is 0. The van der Waals surface area contributed by atoms with Crippen LogP contribution in [0.25, 0.3) is 6.08 Å². The lowest BCUT2D eigenvalue weighted by molar-refractivity contribution is -0.131. The summed E-state index contributed by atoms with van der Waals surface area (Å²) in [6.45, 7) is 5.28. The number of carboxylic acids is 1. The van der Waals surface area contributed by atoms with E-state index in [0.717, 1.165) is 6.08 Å². The lowest BCUT2D eigenvalue weighted by Gasteiger charge is -2.20. The Balaban J connectivity index is 2.95. The van der Waals surface area contributed by atoms with Crippen LogP contribution in [0.1, 0.15) is 26.3 Å². The second-order valence-electron chi connectivity index (χ2n) is 5.26. The fourth-order valence-electron chi connectivity index (χ4n) is 1.51. The first-order chi connectivity index (χ1) is 9.71.